The first-order valence-electron chi connectivity index (χ1n) is 5.84. The Morgan fingerprint density at radius 1 is 0.458 bits per heavy atom. The Morgan fingerprint density at radius 3 is 0.458 bits per heavy atom. The predicted octanol–water partition coefficient (Wildman–Crippen LogP) is -1.17. The molecule has 0 unspecified atom stereocenters. The third-order valence-electron chi connectivity index (χ3n) is 0. The van der Waals surface area contributed by atoms with Crippen LogP contribution < -0.4 is 12.3 Å². The SMILES string of the molecule is CC.CC.CC.CC.CO.CO.CO.N.N.O.O.O.O.O.O=CO. The van der Waals surface area contributed by atoms with Crippen LogP contribution in [0.4, 0.5) is 0 Å². The molecular formula is C12H54N2O10. The number of hydrogen-bond acceptors (Lipinski definition) is 6. The maximum absolute atomic E-state index is 8.36. The normalized spacial score (nSPS) is 2.25. The molecule has 0 bridgehead atoms. The summed E-state index contributed by atoms with van der Waals surface area (Å²) in [6.07, 6.45) is 0. The predicted molar refractivity (Wildman–Crippen MR) is 107 cm³/mol. The number of carboxylic acid groups (broad SMARTS) is 1. The second-order valence-corrected chi connectivity index (χ2v) is 0.105. The second kappa shape index (κ2) is 2000000. The highest BCUT2D eigenvalue weighted by Crippen LogP contribution is 1.15. The van der Waals surface area contributed by atoms with Crippen LogP contribution in [-0.2, 0) is 4.79 Å². The molecule has 0 saturated heterocycles. The standard InChI is InChI=1S/4C2H6.CH2O2.3CH4O.2H3N.5H2O/c4*1-2;2-1-3;3*1-2;;;;;;;/h4*1-2H3;1H,(H,2,3);3*2H,1H3;2*1H3;5*1H2. The summed E-state index contributed by atoms with van der Waals surface area (Å²) >= 11 is 0. The minimum atomic E-state index is -0.250. The lowest BCUT2D eigenvalue weighted by molar-refractivity contribution is -0.122. The van der Waals surface area contributed by atoms with E-state index < -0.39 is 0 Å². The quantitative estimate of drug-likeness (QED) is 0.276. The maximum atomic E-state index is 8.36. The highest BCUT2D eigenvalue weighted by molar-refractivity contribution is 5.32. The van der Waals surface area contributed by atoms with Crippen molar-refractivity contribution in [3.63, 3.8) is 0 Å². The summed E-state index contributed by atoms with van der Waals surface area (Å²) in [7, 11) is 3.00. The van der Waals surface area contributed by atoms with Crippen LogP contribution in [0.3, 0.4) is 0 Å². The topological polar surface area (TPSA) is 325 Å². The molecule has 0 heterocycles. The van der Waals surface area contributed by atoms with Gasteiger partial charge in [0.05, 0.1) is 0 Å². The first kappa shape index (κ1) is 173. The van der Waals surface area contributed by atoms with Crippen molar-refractivity contribution < 1.29 is 52.6 Å². The summed E-state index contributed by atoms with van der Waals surface area (Å²) in [6, 6.07) is 0. The van der Waals surface area contributed by atoms with Crippen molar-refractivity contribution in [1.82, 2.24) is 12.3 Å². The Hall–Kier alpha value is -0.930. The fourth-order valence-electron chi connectivity index (χ4n) is 0. The van der Waals surface area contributed by atoms with Crippen molar-refractivity contribution in [2.24, 2.45) is 0 Å². The summed E-state index contributed by atoms with van der Waals surface area (Å²) in [5.41, 5.74) is 0. The largest absolute Gasteiger partial charge is 0.483 e. The molecule has 0 aliphatic carbocycles. The molecule has 20 N–H and O–H groups in total. The van der Waals surface area contributed by atoms with Gasteiger partial charge in [-0.3, -0.25) is 4.79 Å². The third kappa shape index (κ3) is 9810. The van der Waals surface area contributed by atoms with E-state index in [2.05, 4.69) is 0 Å². The Balaban J connectivity index is -0.00000000286. The van der Waals surface area contributed by atoms with Gasteiger partial charge in [0, 0.05) is 21.3 Å². The summed E-state index contributed by atoms with van der Waals surface area (Å²) in [5.74, 6) is 0. The molecule has 0 amide bonds. The van der Waals surface area contributed by atoms with E-state index >= 15 is 0 Å². The van der Waals surface area contributed by atoms with E-state index in [9.17, 15) is 0 Å². The van der Waals surface area contributed by atoms with Crippen LogP contribution >= 0.6 is 0 Å². The Bertz CT molecular complexity index is 39.3. The molecule has 0 rings (SSSR count). The highest BCUT2D eigenvalue weighted by Gasteiger charge is 1.22. The van der Waals surface area contributed by atoms with Gasteiger partial charge in [-0.25, -0.2) is 0 Å². The van der Waals surface area contributed by atoms with E-state index in [0.29, 0.717) is 0 Å². The zero-order valence-corrected chi connectivity index (χ0v) is 17.7. The molecule has 0 aliphatic heterocycles. The van der Waals surface area contributed by atoms with E-state index in [1.807, 2.05) is 55.4 Å². The maximum Gasteiger partial charge on any atom is 0.290 e. The van der Waals surface area contributed by atoms with Crippen LogP contribution in [0, 0.1) is 0 Å². The van der Waals surface area contributed by atoms with Gasteiger partial charge in [-0.15, -0.1) is 0 Å². The van der Waals surface area contributed by atoms with Gasteiger partial charge in [-0.05, 0) is 0 Å². The van der Waals surface area contributed by atoms with Gasteiger partial charge in [0.2, 0.25) is 0 Å². The van der Waals surface area contributed by atoms with Gasteiger partial charge in [0.1, 0.15) is 0 Å². The summed E-state index contributed by atoms with van der Waals surface area (Å²) in [5, 5.41) is 27.9. The molecule has 0 aliphatic rings. The van der Waals surface area contributed by atoms with Gasteiger partial charge < -0.3 is 60.1 Å². The number of hydrogen-bond donors (Lipinski definition) is 6. The molecule has 0 aromatic carbocycles. The molecule has 0 fully saturated rings. The van der Waals surface area contributed by atoms with E-state index in [1.165, 1.54) is 0 Å². The van der Waals surface area contributed by atoms with Crippen molar-refractivity contribution >= 4 is 6.47 Å². The van der Waals surface area contributed by atoms with Crippen molar-refractivity contribution in [3.05, 3.63) is 0 Å². The van der Waals surface area contributed by atoms with Crippen LogP contribution in [0.2, 0.25) is 0 Å². The monoisotopic (exact) mass is 386 g/mol. The van der Waals surface area contributed by atoms with Crippen LogP contribution in [0.1, 0.15) is 55.4 Å². The van der Waals surface area contributed by atoms with Crippen molar-refractivity contribution in [2.45, 2.75) is 55.4 Å². The Labute approximate surface area is 149 Å². The smallest absolute Gasteiger partial charge is 0.290 e. The fourth-order valence-corrected chi connectivity index (χ4v) is 0. The van der Waals surface area contributed by atoms with E-state index in [1.54, 1.807) is 0 Å². The average molecular weight is 387 g/mol. The van der Waals surface area contributed by atoms with Gasteiger partial charge in [-0.2, -0.15) is 0 Å². The van der Waals surface area contributed by atoms with Crippen molar-refractivity contribution in [2.75, 3.05) is 21.3 Å². The molecule has 172 valence electrons. The highest BCUT2D eigenvalue weighted by atomic mass is 16.3. The van der Waals surface area contributed by atoms with Crippen LogP contribution in [0.5, 0.6) is 0 Å². The van der Waals surface area contributed by atoms with Gasteiger partial charge in [0.25, 0.3) is 6.47 Å². The van der Waals surface area contributed by atoms with E-state index in [-0.39, 0.29) is 46.2 Å². The van der Waals surface area contributed by atoms with Crippen LogP contribution in [-0.4, -0.2) is 75.6 Å². The first-order chi connectivity index (χ1) is 8.41. The van der Waals surface area contributed by atoms with Crippen molar-refractivity contribution in [1.29, 1.82) is 0 Å². The van der Waals surface area contributed by atoms with E-state index in [4.69, 9.17) is 25.2 Å². The molecule has 12 nitrogen and oxygen atoms in total. The zero-order chi connectivity index (χ0) is 16.7. The molecule has 0 saturated carbocycles. The van der Waals surface area contributed by atoms with Gasteiger partial charge in [-0.1, -0.05) is 55.4 Å². The minimum absolute atomic E-state index is 0. The van der Waals surface area contributed by atoms with Crippen LogP contribution in [0.25, 0.3) is 0 Å². The Kier molecular flexibility index (Phi) is 14400000. The van der Waals surface area contributed by atoms with E-state index in [0.717, 1.165) is 21.3 Å². The second-order valence-electron chi connectivity index (χ2n) is 0.105. The molecule has 0 atom stereocenters. The lowest BCUT2D eigenvalue weighted by Gasteiger charge is -1.34. The van der Waals surface area contributed by atoms with Crippen LogP contribution in [0.15, 0.2) is 0 Å². The zero-order valence-electron chi connectivity index (χ0n) is 17.7. The lowest BCUT2D eigenvalue weighted by Crippen LogP contribution is -1.49. The Morgan fingerprint density at radius 2 is 0.458 bits per heavy atom. The number of carbonyl (C=O) groups is 1. The minimum Gasteiger partial charge on any atom is -0.483 e. The van der Waals surface area contributed by atoms with Gasteiger partial charge in [0.15, 0.2) is 0 Å². The molecule has 24 heavy (non-hydrogen) atoms. The molecule has 0 aromatic rings. The third-order valence-corrected chi connectivity index (χ3v) is 0. The van der Waals surface area contributed by atoms with Crippen molar-refractivity contribution in [3.8, 4) is 0 Å². The fraction of sp³-hybridized carbons (Fsp3) is 0.917. The number of aliphatic hydroxyl groups is 3. The number of rotatable bonds is 0. The lowest BCUT2D eigenvalue weighted by atomic mass is 11.0. The molecular weight excluding hydrogens is 332 g/mol. The average Bonchev–Trinajstić information content (AvgIpc) is 2.53. The molecule has 0 radical (unpaired) electrons. The van der Waals surface area contributed by atoms with Gasteiger partial charge >= 0.3 is 0 Å². The molecule has 0 spiro atoms. The number of aliphatic hydroxyl groups excluding tert-OH is 3. The molecule has 12 heteroatoms. The summed E-state index contributed by atoms with van der Waals surface area (Å²) in [6.45, 7) is 15.8. The first-order valence-corrected chi connectivity index (χ1v) is 5.84. The summed E-state index contributed by atoms with van der Waals surface area (Å²) < 4.78 is 0. The summed E-state index contributed by atoms with van der Waals surface area (Å²) in [4.78, 5) is 8.36. The molecule has 0 aromatic heterocycles.